The Balaban J connectivity index is 2.08. The highest BCUT2D eigenvalue weighted by Gasteiger charge is 2.25. The van der Waals surface area contributed by atoms with Gasteiger partial charge in [-0.2, -0.15) is 9.64 Å². The summed E-state index contributed by atoms with van der Waals surface area (Å²) in [5.41, 5.74) is 1.57. The Hall–Kier alpha value is -1.08. The van der Waals surface area contributed by atoms with Gasteiger partial charge in [0, 0.05) is 6.04 Å². The van der Waals surface area contributed by atoms with Gasteiger partial charge >= 0.3 is 0 Å². The zero-order valence-electron chi connectivity index (χ0n) is 10.7. The van der Waals surface area contributed by atoms with E-state index in [9.17, 15) is 0 Å². The molecule has 1 fully saturated rings. The van der Waals surface area contributed by atoms with Gasteiger partial charge in [0.1, 0.15) is 16.6 Å². The van der Waals surface area contributed by atoms with Crippen molar-refractivity contribution in [2.75, 3.05) is 5.32 Å². The van der Waals surface area contributed by atoms with Crippen LogP contribution in [0.15, 0.2) is 0 Å². The summed E-state index contributed by atoms with van der Waals surface area (Å²) >= 11 is 1.41. The van der Waals surface area contributed by atoms with Crippen LogP contribution in [-0.4, -0.2) is 10.4 Å². The largest absolute Gasteiger partial charge is 0.372 e. The molecule has 2 unspecified atom stereocenters. The maximum Gasteiger partial charge on any atom is 0.127 e. The first kappa shape index (κ1) is 12.4. The highest BCUT2D eigenvalue weighted by Crippen LogP contribution is 2.32. The van der Waals surface area contributed by atoms with Crippen LogP contribution in [-0.2, 0) is 0 Å². The van der Waals surface area contributed by atoms with Crippen LogP contribution in [0.3, 0.4) is 0 Å². The third kappa shape index (κ3) is 2.78. The molecule has 1 aliphatic carbocycles. The molecule has 0 saturated heterocycles. The van der Waals surface area contributed by atoms with Gasteiger partial charge in [0.2, 0.25) is 0 Å². The molecular weight excluding hydrogens is 230 g/mol. The number of hydrogen-bond donors (Lipinski definition) is 1. The second kappa shape index (κ2) is 5.05. The van der Waals surface area contributed by atoms with E-state index in [-0.39, 0.29) is 0 Å². The summed E-state index contributed by atoms with van der Waals surface area (Å²) in [5, 5.41) is 13.6. The second-order valence-electron chi connectivity index (χ2n) is 5.34. The molecule has 1 aliphatic rings. The van der Waals surface area contributed by atoms with Gasteiger partial charge in [0.25, 0.3) is 0 Å². The molecule has 92 valence electrons. The Bertz CT molecular complexity index is 422. The third-order valence-corrected chi connectivity index (χ3v) is 4.36. The van der Waals surface area contributed by atoms with Crippen molar-refractivity contribution in [3.05, 3.63) is 11.3 Å². The summed E-state index contributed by atoms with van der Waals surface area (Å²) in [4.78, 5) is 0. The van der Waals surface area contributed by atoms with Crippen molar-refractivity contribution in [1.29, 1.82) is 5.26 Å². The van der Waals surface area contributed by atoms with Gasteiger partial charge in [-0.05, 0) is 49.6 Å². The Morgan fingerprint density at radius 2 is 1.94 bits per heavy atom. The molecule has 0 bridgehead atoms. The van der Waals surface area contributed by atoms with Crippen molar-refractivity contribution < 1.29 is 0 Å². The predicted octanol–water partition coefficient (Wildman–Crippen LogP) is 3.56. The van der Waals surface area contributed by atoms with Crippen LogP contribution in [0.1, 0.15) is 44.4 Å². The first-order chi connectivity index (χ1) is 8.10. The zero-order valence-corrected chi connectivity index (χ0v) is 11.5. The minimum absolute atomic E-state index is 0.501. The van der Waals surface area contributed by atoms with E-state index in [2.05, 4.69) is 29.6 Å². The van der Waals surface area contributed by atoms with Crippen LogP contribution in [0.5, 0.6) is 0 Å². The van der Waals surface area contributed by atoms with Crippen molar-refractivity contribution in [1.82, 2.24) is 4.37 Å². The van der Waals surface area contributed by atoms with Crippen LogP contribution in [0.25, 0.3) is 0 Å². The fourth-order valence-corrected chi connectivity index (χ4v) is 3.67. The molecule has 1 saturated carbocycles. The molecular formula is C13H19N3S. The molecule has 1 aromatic rings. The van der Waals surface area contributed by atoms with Crippen LogP contribution < -0.4 is 5.32 Å². The van der Waals surface area contributed by atoms with Crippen LogP contribution >= 0.6 is 11.5 Å². The SMILES string of the molecule is Cc1nsc(NC2CC(C)CC(C)C2)c1C#N. The summed E-state index contributed by atoms with van der Waals surface area (Å²) in [6, 6.07) is 2.74. The highest BCUT2D eigenvalue weighted by molar-refractivity contribution is 7.10. The van der Waals surface area contributed by atoms with E-state index >= 15 is 0 Å². The number of rotatable bonds is 2. The zero-order chi connectivity index (χ0) is 12.4. The summed E-state index contributed by atoms with van der Waals surface area (Å²) in [6.07, 6.45) is 3.73. The number of nitrogens with one attached hydrogen (secondary N) is 1. The number of nitrogens with zero attached hydrogens (tertiary/aromatic N) is 2. The molecule has 0 aromatic carbocycles. The molecule has 4 heteroatoms. The van der Waals surface area contributed by atoms with E-state index in [4.69, 9.17) is 5.26 Å². The van der Waals surface area contributed by atoms with E-state index in [1.165, 1.54) is 30.8 Å². The molecule has 2 rings (SSSR count). The van der Waals surface area contributed by atoms with E-state index in [1.807, 2.05) is 6.92 Å². The number of aryl methyl sites for hydroxylation is 1. The lowest BCUT2D eigenvalue weighted by atomic mass is 9.80. The van der Waals surface area contributed by atoms with Gasteiger partial charge in [-0.25, -0.2) is 0 Å². The molecule has 1 N–H and O–H groups in total. The van der Waals surface area contributed by atoms with E-state index in [1.54, 1.807) is 0 Å². The number of anilines is 1. The van der Waals surface area contributed by atoms with Gasteiger partial charge < -0.3 is 5.32 Å². The molecule has 1 heterocycles. The molecule has 0 amide bonds. The number of nitriles is 1. The Morgan fingerprint density at radius 3 is 2.53 bits per heavy atom. The normalized spacial score (nSPS) is 28.7. The van der Waals surface area contributed by atoms with Crippen molar-refractivity contribution in [3.8, 4) is 6.07 Å². The lowest BCUT2D eigenvalue weighted by Crippen LogP contribution is -2.30. The molecule has 0 spiro atoms. The molecule has 0 aliphatic heterocycles. The summed E-state index contributed by atoms with van der Waals surface area (Å²) < 4.78 is 4.25. The average molecular weight is 249 g/mol. The maximum atomic E-state index is 9.10. The second-order valence-corrected chi connectivity index (χ2v) is 6.12. The summed E-state index contributed by atoms with van der Waals surface area (Å²) in [5.74, 6) is 1.55. The highest BCUT2D eigenvalue weighted by atomic mass is 32.1. The van der Waals surface area contributed by atoms with Gasteiger partial charge in [-0.3, -0.25) is 0 Å². The first-order valence-corrected chi connectivity index (χ1v) is 7.00. The van der Waals surface area contributed by atoms with Crippen molar-refractivity contribution in [2.45, 2.75) is 46.1 Å². The maximum absolute atomic E-state index is 9.10. The van der Waals surface area contributed by atoms with Gasteiger partial charge in [0.15, 0.2) is 0 Å². The number of hydrogen-bond acceptors (Lipinski definition) is 4. The van der Waals surface area contributed by atoms with Crippen LogP contribution in [0.2, 0.25) is 0 Å². The molecule has 1 aromatic heterocycles. The Labute approximate surface area is 107 Å². The standard InChI is InChI=1S/C13H19N3S/c1-8-4-9(2)6-11(5-8)15-13-12(7-14)10(3)16-17-13/h8-9,11,15H,4-6H2,1-3H3. The lowest BCUT2D eigenvalue weighted by molar-refractivity contribution is 0.281. The third-order valence-electron chi connectivity index (χ3n) is 3.49. The smallest absolute Gasteiger partial charge is 0.127 e. The van der Waals surface area contributed by atoms with E-state index in [0.717, 1.165) is 28.1 Å². The average Bonchev–Trinajstić information content (AvgIpc) is 2.57. The Kier molecular flexibility index (Phi) is 3.68. The minimum Gasteiger partial charge on any atom is -0.372 e. The predicted molar refractivity (Wildman–Crippen MR) is 71.2 cm³/mol. The van der Waals surface area contributed by atoms with Gasteiger partial charge in [-0.1, -0.05) is 13.8 Å². The van der Waals surface area contributed by atoms with Gasteiger partial charge in [-0.15, -0.1) is 0 Å². The van der Waals surface area contributed by atoms with Crippen LogP contribution in [0.4, 0.5) is 5.00 Å². The molecule has 2 atom stereocenters. The van der Waals surface area contributed by atoms with E-state index < -0.39 is 0 Å². The summed E-state index contributed by atoms with van der Waals surface area (Å²) in [7, 11) is 0. The first-order valence-electron chi connectivity index (χ1n) is 6.23. The monoisotopic (exact) mass is 249 g/mol. The molecule has 0 radical (unpaired) electrons. The van der Waals surface area contributed by atoms with Crippen molar-refractivity contribution >= 4 is 16.5 Å². The van der Waals surface area contributed by atoms with E-state index in [0.29, 0.717) is 6.04 Å². The lowest BCUT2D eigenvalue weighted by Gasteiger charge is -2.32. The molecule has 3 nitrogen and oxygen atoms in total. The van der Waals surface area contributed by atoms with Crippen molar-refractivity contribution in [2.24, 2.45) is 11.8 Å². The Morgan fingerprint density at radius 1 is 1.29 bits per heavy atom. The topological polar surface area (TPSA) is 48.7 Å². The van der Waals surface area contributed by atoms with Gasteiger partial charge in [0.05, 0.1) is 5.69 Å². The molecule has 17 heavy (non-hydrogen) atoms. The summed E-state index contributed by atoms with van der Waals surface area (Å²) in [6.45, 7) is 6.52. The minimum atomic E-state index is 0.501. The fourth-order valence-electron chi connectivity index (χ4n) is 2.85. The van der Waals surface area contributed by atoms with Crippen molar-refractivity contribution in [3.63, 3.8) is 0 Å². The number of aromatic nitrogens is 1. The van der Waals surface area contributed by atoms with Crippen LogP contribution in [0, 0.1) is 30.1 Å². The quantitative estimate of drug-likeness (QED) is 0.871. The fraction of sp³-hybridized carbons (Fsp3) is 0.692.